The van der Waals surface area contributed by atoms with Crippen LogP contribution in [0.2, 0.25) is 0 Å². The largest absolute Gasteiger partial charge is 0.465 e. The molecule has 0 saturated carbocycles. The lowest BCUT2D eigenvalue weighted by Gasteiger charge is -2.13. The number of alkyl halides is 3. The maximum atomic E-state index is 13.7. The summed E-state index contributed by atoms with van der Waals surface area (Å²) in [5, 5.41) is 3.32. The van der Waals surface area contributed by atoms with E-state index in [-0.39, 0.29) is 5.56 Å². The van der Waals surface area contributed by atoms with E-state index in [4.69, 9.17) is 0 Å². The summed E-state index contributed by atoms with van der Waals surface area (Å²) in [4.78, 5) is 11.3. The number of hydrogen-bond acceptors (Lipinski definition) is 4. The highest BCUT2D eigenvalue weighted by molar-refractivity contribution is 5.90. The minimum absolute atomic E-state index is 0.201. The van der Waals surface area contributed by atoms with Crippen LogP contribution in [0.3, 0.4) is 0 Å². The minimum Gasteiger partial charge on any atom is -0.465 e. The Hall–Kier alpha value is -3.11. The predicted molar refractivity (Wildman–Crippen MR) is 80.3 cm³/mol. The van der Waals surface area contributed by atoms with Gasteiger partial charge in [0, 0.05) is 0 Å². The third kappa shape index (κ3) is 4.18. The Kier molecular flexibility index (Phi) is 5.72. The molecule has 0 saturated heterocycles. The van der Waals surface area contributed by atoms with Crippen molar-refractivity contribution in [3.8, 4) is 0 Å². The van der Waals surface area contributed by atoms with Crippen LogP contribution >= 0.6 is 0 Å². The maximum absolute atomic E-state index is 13.7. The van der Waals surface area contributed by atoms with Gasteiger partial charge >= 0.3 is 12.1 Å². The number of hydrogen-bond donors (Lipinski definition) is 1. The number of halogens is 7. The predicted octanol–water partition coefficient (Wildman–Crippen LogP) is 4.49. The highest BCUT2D eigenvalue weighted by Gasteiger charge is 2.42. The Morgan fingerprint density at radius 1 is 1.00 bits per heavy atom. The maximum Gasteiger partial charge on any atom is 0.422 e. The first-order valence-electron chi connectivity index (χ1n) is 6.98. The van der Waals surface area contributed by atoms with Crippen molar-refractivity contribution in [2.24, 2.45) is 5.10 Å². The van der Waals surface area contributed by atoms with E-state index in [1.54, 1.807) is 5.43 Å². The summed E-state index contributed by atoms with van der Waals surface area (Å²) in [5.74, 6) is -10.4. The zero-order chi connectivity index (χ0) is 20.4. The molecular weight excluding hydrogens is 385 g/mol. The number of carbonyl (C=O) groups is 1. The van der Waals surface area contributed by atoms with E-state index in [0.717, 1.165) is 6.21 Å². The lowest BCUT2D eigenvalue weighted by atomic mass is 10.1. The molecule has 0 aliphatic rings. The first-order valence-corrected chi connectivity index (χ1v) is 6.98. The summed E-state index contributed by atoms with van der Waals surface area (Å²) in [7, 11) is 1.17. The van der Waals surface area contributed by atoms with Crippen LogP contribution in [0.1, 0.15) is 21.5 Å². The highest BCUT2D eigenvalue weighted by atomic mass is 19.4. The number of rotatable bonds is 4. The molecule has 0 aromatic heterocycles. The molecule has 4 nitrogen and oxygen atoms in total. The molecule has 0 bridgehead atoms. The fourth-order valence-corrected chi connectivity index (χ4v) is 1.97. The lowest BCUT2D eigenvalue weighted by Crippen LogP contribution is -2.16. The SMILES string of the molecule is COC(=O)c1ccc(C=NNc2c(F)c(F)c(C(F)(F)F)c(F)c2F)cc1. The summed E-state index contributed by atoms with van der Waals surface area (Å²) in [6, 6.07) is 5.40. The second kappa shape index (κ2) is 7.64. The van der Waals surface area contributed by atoms with Crippen LogP contribution in [-0.4, -0.2) is 19.3 Å². The van der Waals surface area contributed by atoms with Crippen LogP contribution in [0, 0.1) is 23.3 Å². The van der Waals surface area contributed by atoms with Crippen molar-refractivity contribution in [3.05, 3.63) is 64.2 Å². The summed E-state index contributed by atoms with van der Waals surface area (Å²) < 4.78 is 96.2. The van der Waals surface area contributed by atoms with Crippen LogP contribution in [-0.2, 0) is 10.9 Å². The van der Waals surface area contributed by atoms with Crippen LogP contribution in [0.15, 0.2) is 29.4 Å². The third-order valence-electron chi connectivity index (χ3n) is 3.27. The quantitative estimate of drug-likeness (QED) is 0.273. The molecule has 0 spiro atoms. The van der Waals surface area contributed by atoms with E-state index in [2.05, 4.69) is 9.84 Å². The lowest BCUT2D eigenvalue weighted by molar-refractivity contribution is -0.143. The number of carbonyl (C=O) groups excluding carboxylic acids is 1. The third-order valence-corrected chi connectivity index (χ3v) is 3.27. The van der Waals surface area contributed by atoms with Crippen molar-refractivity contribution in [1.29, 1.82) is 0 Å². The van der Waals surface area contributed by atoms with Gasteiger partial charge in [-0.05, 0) is 17.7 Å². The van der Waals surface area contributed by atoms with E-state index >= 15 is 0 Å². The molecule has 144 valence electrons. The van der Waals surface area contributed by atoms with Gasteiger partial charge in [0.1, 0.15) is 11.3 Å². The Bertz CT molecular complexity index is 864. The number of methoxy groups -OCH3 is 1. The van der Waals surface area contributed by atoms with Crippen molar-refractivity contribution in [3.63, 3.8) is 0 Å². The standard InChI is InChI=1S/C16H9F7N2O2/c1-27-15(26)8-4-2-7(3-5-8)6-24-25-14-12(19)10(17)9(16(21,22)23)11(18)13(14)20/h2-6,25H,1H3. The molecule has 0 amide bonds. The zero-order valence-electron chi connectivity index (χ0n) is 13.3. The van der Waals surface area contributed by atoms with Crippen molar-refractivity contribution in [1.82, 2.24) is 0 Å². The summed E-state index contributed by atoms with van der Waals surface area (Å²) in [6.07, 6.45) is -4.67. The molecular formula is C16H9F7N2O2. The molecule has 2 rings (SSSR count). The molecule has 0 heterocycles. The Morgan fingerprint density at radius 3 is 1.96 bits per heavy atom. The molecule has 0 fully saturated rings. The van der Waals surface area contributed by atoms with Gasteiger partial charge < -0.3 is 4.74 Å². The van der Waals surface area contributed by atoms with Gasteiger partial charge in [0.25, 0.3) is 0 Å². The Balaban J connectivity index is 2.28. The van der Waals surface area contributed by atoms with Crippen molar-refractivity contribution >= 4 is 17.9 Å². The summed E-state index contributed by atoms with van der Waals surface area (Å²) >= 11 is 0. The fourth-order valence-electron chi connectivity index (χ4n) is 1.97. The molecule has 0 atom stereocenters. The van der Waals surface area contributed by atoms with Gasteiger partial charge in [-0.1, -0.05) is 12.1 Å². The molecule has 0 aliphatic carbocycles. The number of anilines is 1. The topological polar surface area (TPSA) is 50.7 Å². The molecule has 0 radical (unpaired) electrons. The molecule has 2 aromatic carbocycles. The van der Waals surface area contributed by atoms with E-state index in [0.29, 0.717) is 5.56 Å². The number of nitrogens with one attached hydrogen (secondary N) is 1. The monoisotopic (exact) mass is 394 g/mol. The minimum atomic E-state index is -5.63. The van der Waals surface area contributed by atoms with Crippen LogP contribution < -0.4 is 5.43 Å². The van der Waals surface area contributed by atoms with Gasteiger partial charge in [-0.25, -0.2) is 22.4 Å². The summed E-state index contributed by atoms with van der Waals surface area (Å²) in [5.41, 5.74) is -2.09. The average Bonchev–Trinajstić information content (AvgIpc) is 2.61. The van der Waals surface area contributed by atoms with E-state index in [1.807, 2.05) is 0 Å². The number of esters is 1. The zero-order valence-corrected chi connectivity index (χ0v) is 13.3. The fraction of sp³-hybridized carbons (Fsp3) is 0.125. The average molecular weight is 394 g/mol. The van der Waals surface area contributed by atoms with Gasteiger partial charge in [-0.15, -0.1) is 0 Å². The Morgan fingerprint density at radius 2 is 1.52 bits per heavy atom. The second-order valence-corrected chi connectivity index (χ2v) is 4.99. The molecule has 27 heavy (non-hydrogen) atoms. The molecule has 1 N–H and O–H groups in total. The number of nitrogens with zero attached hydrogens (tertiary/aromatic N) is 1. The Labute approximate surface area is 147 Å². The molecule has 0 unspecified atom stereocenters. The molecule has 2 aromatic rings. The first-order chi connectivity index (χ1) is 12.6. The van der Waals surface area contributed by atoms with Crippen LogP contribution in [0.4, 0.5) is 36.4 Å². The van der Waals surface area contributed by atoms with Gasteiger partial charge in [0.05, 0.1) is 18.9 Å². The number of ether oxygens (including phenoxy) is 1. The first kappa shape index (κ1) is 20.2. The highest BCUT2D eigenvalue weighted by Crippen LogP contribution is 2.38. The number of benzene rings is 2. The van der Waals surface area contributed by atoms with E-state index in [9.17, 15) is 35.5 Å². The van der Waals surface area contributed by atoms with E-state index in [1.165, 1.54) is 31.4 Å². The normalized spacial score (nSPS) is 11.7. The van der Waals surface area contributed by atoms with Crippen molar-refractivity contribution in [2.45, 2.75) is 6.18 Å². The van der Waals surface area contributed by atoms with Gasteiger partial charge in [-0.2, -0.15) is 18.3 Å². The summed E-state index contributed by atoms with van der Waals surface area (Å²) in [6.45, 7) is 0. The van der Waals surface area contributed by atoms with Gasteiger partial charge in [-0.3, -0.25) is 5.43 Å². The van der Waals surface area contributed by atoms with Gasteiger partial charge in [0.15, 0.2) is 23.3 Å². The second-order valence-electron chi connectivity index (χ2n) is 4.99. The van der Waals surface area contributed by atoms with Gasteiger partial charge in [0.2, 0.25) is 0 Å². The van der Waals surface area contributed by atoms with Crippen LogP contribution in [0.5, 0.6) is 0 Å². The molecule has 11 heteroatoms. The number of hydrazone groups is 1. The molecule has 0 aliphatic heterocycles. The van der Waals surface area contributed by atoms with E-state index < -0.39 is 46.7 Å². The van der Waals surface area contributed by atoms with Crippen LogP contribution in [0.25, 0.3) is 0 Å². The smallest absolute Gasteiger partial charge is 0.422 e. The van der Waals surface area contributed by atoms with Crippen molar-refractivity contribution < 1.29 is 40.3 Å². The van der Waals surface area contributed by atoms with Crippen molar-refractivity contribution in [2.75, 3.05) is 12.5 Å².